The van der Waals surface area contributed by atoms with Crippen LogP contribution in [0.2, 0.25) is 0 Å². The van der Waals surface area contributed by atoms with E-state index in [1.165, 1.54) is 141 Å². The SMILES string of the molecule is CCCCCCCC/C=C\CCCCCCCC(=O)OCCN(CCCN(C)C)CCOC(=O)CCCCCCC/C=C\CCCCCCCC. The van der Waals surface area contributed by atoms with Crippen LogP contribution in [0, 0.1) is 0 Å². The van der Waals surface area contributed by atoms with E-state index >= 15 is 0 Å². The minimum Gasteiger partial charge on any atom is -0.464 e. The molecule has 0 aliphatic heterocycles. The van der Waals surface area contributed by atoms with E-state index in [9.17, 15) is 9.59 Å². The van der Waals surface area contributed by atoms with Gasteiger partial charge in [-0.25, -0.2) is 0 Å². The number of carbonyl (C=O) groups excluding carboxylic acids is 2. The molecule has 0 saturated carbocycles. The van der Waals surface area contributed by atoms with Gasteiger partial charge < -0.3 is 14.4 Å². The predicted octanol–water partition coefficient (Wildman–Crippen LogP) is 12.4. The molecule has 0 aliphatic carbocycles. The van der Waals surface area contributed by atoms with Crippen LogP contribution in [0.15, 0.2) is 24.3 Å². The summed E-state index contributed by atoms with van der Waals surface area (Å²) in [7, 11) is 4.16. The van der Waals surface area contributed by atoms with Crippen molar-refractivity contribution in [3.63, 3.8) is 0 Å². The molecule has 0 heterocycles. The van der Waals surface area contributed by atoms with Crippen molar-refractivity contribution in [1.82, 2.24) is 9.80 Å². The number of ether oxygens (including phenoxy) is 2. The maximum absolute atomic E-state index is 12.3. The summed E-state index contributed by atoms with van der Waals surface area (Å²) in [5.74, 6) is -0.181. The highest BCUT2D eigenvalue weighted by Crippen LogP contribution is 2.12. The van der Waals surface area contributed by atoms with Crippen molar-refractivity contribution in [2.75, 3.05) is 53.5 Å². The molecule has 51 heavy (non-hydrogen) atoms. The third-order valence-electron chi connectivity index (χ3n) is 9.71. The summed E-state index contributed by atoms with van der Waals surface area (Å²) in [5, 5.41) is 0. The molecule has 0 aromatic carbocycles. The van der Waals surface area contributed by atoms with E-state index in [-0.39, 0.29) is 11.9 Å². The normalized spacial score (nSPS) is 11.9. The van der Waals surface area contributed by atoms with Gasteiger partial charge in [-0.15, -0.1) is 0 Å². The maximum atomic E-state index is 12.3. The first kappa shape index (κ1) is 49.3. The summed E-state index contributed by atoms with van der Waals surface area (Å²) < 4.78 is 11.1. The molecule has 0 aromatic rings. The van der Waals surface area contributed by atoms with E-state index < -0.39 is 0 Å². The van der Waals surface area contributed by atoms with Gasteiger partial charge >= 0.3 is 11.9 Å². The second kappa shape index (κ2) is 41.1. The van der Waals surface area contributed by atoms with Crippen molar-refractivity contribution in [3.8, 4) is 0 Å². The van der Waals surface area contributed by atoms with Crippen molar-refractivity contribution in [2.45, 2.75) is 200 Å². The molecule has 6 heteroatoms. The minimum absolute atomic E-state index is 0.0905. The quantitative estimate of drug-likeness (QED) is 0.0357. The zero-order valence-corrected chi connectivity index (χ0v) is 34.6. The van der Waals surface area contributed by atoms with E-state index in [0.29, 0.717) is 39.1 Å². The zero-order chi connectivity index (χ0) is 37.3. The number of allylic oxidation sites excluding steroid dienone is 4. The van der Waals surface area contributed by atoms with Crippen LogP contribution in [-0.2, 0) is 19.1 Å². The second-order valence-electron chi connectivity index (χ2n) is 15.1. The number of carbonyl (C=O) groups is 2. The molecule has 0 aliphatic rings. The number of hydrogen-bond donors (Lipinski definition) is 0. The van der Waals surface area contributed by atoms with Crippen LogP contribution in [0.3, 0.4) is 0 Å². The van der Waals surface area contributed by atoms with Gasteiger partial charge in [-0.05, 0) is 97.8 Å². The molecule has 0 N–H and O–H groups in total. The molecule has 0 amide bonds. The van der Waals surface area contributed by atoms with Crippen molar-refractivity contribution in [1.29, 1.82) is 0 Å². The summed E-state index contributed by atoms with van der Waals surface area (Å²) in [5.41, 5.74) is 0. The summed E-state index contributed by atoms with van der Waals surface area (Å²) in [4.78, 5) is 29.1. The zero-order valence-electron chi connectivity index (χ0n) is 34.6. The lowest BCUT2D eigenvalue weighted by Crippen LogP contribution is -2.34. The number of rotatable bonds is 40. The van der Waals surface area contributed by atoms with Gasteiger partial charge in [0.1, 0.15) is 13.2 Å². The molecule has 0 rings (SSSR count). The van der Waals surface area contributed by atoms with Crippen LogP contribution >= 0.6 is 0 Å². The van der Waals surface area contributed by atoms with Crippen molar-refractivity contribution >= 4 is 11.9 Å². The van der Waals surface area contributed by atoms with Crippen molar-refractivity contribution in [2.24, 2.45) is 0 Å². The van der Waals surface area contributed by atoms with Gasteiger partial charge in [-0.2, -0.15) is 0 Å². The Bertz CT molecular complexity index is 739. The Morgan fingerprint density at radius 2 is 0.745 bits per heavy atom. The molecule has 300 valence electrons. The number of nitrogens with zero attached hydrogens (tertiary/aromatic N) is 2. The van der Waals surface area contributed by atoms with Gasteiger partial charge in [0.2, 0.25) is 0 Å². The molecule has 0 radical (unpaired) electrons. The molecule has 0 bridgehead atoms. The highest BCUT2D eigenvalue weighted by molar-refractivity contribution is 5.69. The van der Waals surface area contributed by atoms with Crippen molar-refractivity contribution in [3.05, 3.63) is 24.3 Å². The first-order chi connectivity index (χ1) is 25.0. The predicted molar refractivity (Wildman–Crippen MR) is 220 cm³/mol. The first-order valence-corrected chi connectivity index (χ1v) is 22.0. The Morgan fingerprint density at radius 1 is 0.412 bits per heavy atom. The number of hydrogen-bond acceptors (Lipinski definition) is 6. The first-order valence-electron chi connectivity index (χ1n) is 22.0. The summed E-state index contributed by atoms with van der Waals surface area (Å²) in [6.07, 6.45) is 44.0. The molecular weight excluding hydrogens is 633 g/mol. The number of unbranched alkanes of at least 4 members (excludes halogenated alkanes) is 22. The van der Waals surface area contributed by atoms with Gasteiger partial charge in [-0.3, -0.25) is 14.5 Å². The molecule has 0 saturated heterocycles. The summed E-state index contributed by atoms with van der Waals surface area (Å²) in [6, 6.07) is 0. The van der Waals surface area contributed by atoms with Crippen LogP contribution in [0.1, 0.15) is 200 Å². The topological polar surface area (TPSA) is 59.1 Å². The fourth-order valence-electron chi connectivity index (χ4n) is 6.35. The molecule has 0 fully saturated rings. The average Bonchev–Trinajstić information content (AvgIpc) is 3.11. The van der Waals surface area contributed by atoms with Gasteiger partial charge in [0, 0.05) is 25.9 Å². The lowest BCUT2D eigenvalue weighted by atomic mass is 10.1. The van der Waals surface area contributed by atoms with Crippen LogP contribution in [0.25, 0.3) is 0 Å². The lowest BCUT2D eigenvalue weighted by molar-refractivity contribution is -0.144. The van der Waals surface area contributed by atoms with Gasteiger partial charge in [-0.1, -0.05) is 141 Å². The number of esters is 2. The second-order valence-corrected chi connectivity index (χ2v) is 15.1. The Morgan fingerprint density at radius 3 is 1.10 bits per heavy atom. The molecular formula is C45H86N2O4. The Labute approximate surface area is 317 Å². The largest absolute Gasteiger partial charge is 0.464 e. The monoisotopic (exact) mass is 719 g/mol. The average molecular weight is 719 g/mol. The van der Waals surface area contributed by atoms with E-state index in [1.807, 2.05) is 0 Å². The third-order valence-corrected chi connectivity index (χ3v) is 9.71. The van der Waals surface area contributed by atoms with Crippen LogP contribution in [0.4, 0.5) is 0 Å². The fourth-order valence-corrected chi connectivity index (χ4v) is 6.35. The van der Waals surface area contributed by atoms with Gasteiger partial charge in [0.05, 0.1) is 0 Å². The molecule has 0 atom stereocenters. The van der Waals surface area contributed by atoms with E-state index in [2.05, 4.69) is 62.0 Å². The summed E-state index contributed by atoms with van der Waals surface area (Å²) in [6.45, 7) is 8.59. The minimum atomic E-state index is -0.0905. The van der Waals surface area contributed by atoms with Crippen molar-refractivity contribution < 1.29 is 19.1 Å². The smallest absolute Gasteiger partial charge is 0.305 e. The highest BCUT2D eigenvalue weighted by atomic mass is 16.5. The Hall–Kier alpha value is -1.66. The fraction of sp³-hybridized carbons (Fsp3) is 0.867. The highest BCUT2D eigenvalue weighted by Gasteiger charge is 2.10. The van der Waals surface area contributed by atoms with Gasteiger partial charge in [0.15, 0.2) is 0 Å². The Balaban J connectivity index is 3.87. The maximum Gasteiger partial charge on any atom is 0.305 e. The van der Waals surface area contributed by atoms with Crippen LogP contribution in [0.5, 0.6) is 0 Å². The van der Waals surface area contributed by atoms with Gasteiger partial charge in [0.25, 0.3) is 0 Å². The Kier molecular flexibility index (Phi) is 39.8. The van der Waals surface area contributed by atoms with Crippen LogP contribution in [-0.4, -0.2) is 75.2 Å². The van der Waals surface area contributed by atoms with E-state index in [4.69, 9.17) is 9.47 Å². The third kappa shape index (κ3) is 41.0. The van der Waals surface area contributed by atoms with E-state index in [0.717, 1.165) is 45.2 Å². The molecule has 0 unspecified atom stereocenters. The summed E-state index contributed by atoms with van der Waals surface area (Å²) >= 11 is 0. The molecule has 0 spiro atoms. The molecule has 6 nitrogen and oxygen atoms in total. The lowest BCUT2D eigenvalue weighted by Gasteiger charge is -2.23. The van der Waals surface area contributed by atoms with E-state index in [1.54, 1.807) is 0 Å². The molecule has 0 aromatic heterocycles. The van der Waals surface area contributed by atoms with Crippen LogP contribution < -0.4 is 0 Å². The standard InChI is InChI=1S/C45H86N2O4/c1-5-7-9-11-13-15-17-19-21-23-25-27-29-31-33-36-44(48)50-42-40-47(39-35-38-46(3)4)41-43-51-45(49)37-34-32-30-28-26-24-22-20-18-16-14-12-10-8-6-2/h19-22H,5-18,23-43H2,1-4H3/b21-19-,22-20-.